The molecule has 76 valence electrons. The van der Waals surface area contributed by atoms with E-state index in [0.29, 0.717) is 11.5 Å². The van der Waals surface area contributed by atoms with Gasteiger partial charge < -0.3 is 0 Å². The summed E-state index contributed by atoms with van der Waals surface area (Å²) in [5.74, 6) is 0.437. The van der Waals surface area contributed by atoms with Gasteiger partial charge in [-0.2, -0.15) is 21.0 Å². The van der Waals surface area contributed by atoms with Crippen molar-refractivity contribution in [1.29, 1.82) is 21.0 Å². The Morgan fingerprint density at radius 2 is 1.56 bits per heavy atom. The van der Waals surface area contributed by atoms with Gasteiger partial charge in [-0.05, 0) is 24.3 Å². The van der Waals surface area contributed by atoms with Crippen LogP contribution in [0.5, 0.6) is 0 Å². The highest BCUT2D eigenvalue weighted by molar-refractivity contribution is 5.54. The lowest BCUT2D eigenvalue weighted by molar-refractivity contribution is 0.237. The van der Waals surface area contributed by atoms with Crippen molar-refractivity contribution in [3.8, 4) is 24.3 Å². The van der Waals surface area contributed by atoms with Crippen LogP contribution in [0.15, 0.2) is 11.6 Å². The minimum atomic E-state index is -1.54. The van der Waals surface area contributed by atoms with E-state index in [1.165, 1.54) is 0 Å². The van der Waals surface area contributed by atoms with Gasteiger partial charge >= 0.3 is 0 Å². The summed E-state index contributed by atoms with van der Waals surface area (Å²) in [6.45, 7) is 0. The van der Waals surface area contributed by atoms with Crippen LogP contribution in [-0.2, 0) is 0 Å². The molecule has 2 saturated carbocycles. The van der Waals surface area contributed by atoms with Crippen LogP contribution >= 0.6 is 0 Å². The Kier molecular flexibility index (Phi) is 1.98. The monoisotopic (exact) mass is 208 g/mol. The summed E-state index contributed by atoms with van der Waals surface area (Å²) in [4.78, 5) is 0. The molecular weight excluding hydrogens is 200 g/mol. The Balaban J connectivity index is 2.46. The van der Waals surface area contributed by atoms with Gasteiger partial charge in [-0.15, -0.1) is 0 Å². The lowest BCUT2D eigenvalue weighted by atomic mass is 9.48. The second kappa shape index (κ2) is 3.10. The van der Waals surface area contributed by atoms with Gasteiger partial charge in [-0.1, -0.05) is 6.08 Å². The Hall–Kier alpha value is -2.30. The molecule has 0 aromatic rings. The summed E-state index contributed by atoms with van der Waals surface area (Å²) in [6, 6.07) is 7.40. The first-order valence-corrected chi connectivity index (χ1v) is 5.04. The quantitative estimate of drug-likeness (QED) is 0.613. The van der Waals surface area contributed by atoms with Crippen LogP contribution in [0.2, 0.25) is 0 Å². The largest absolute Gasteiger partial charge is 0.196 e. The molecule has 0 spiro atoms. The lowest BCUT2D eigenvalue weighted by Crippen LogP contribution is -2.50. The highest BCUT2D eigenvalue weighted by atomic mass is 14.6. The fraction of sp³-hybridized carbons (Fsp3) is 0.500. The van der Waals surface area contributed by atoms with E-state index in [1.807, 2.05) is 30.4 Å². The van der Waals surface area contributed by atoms with Gasteiger partial charge in [0.05, 0.1) is 24.3 Å². The normalized spacial score (nSPS) is 26.6. The summed E-state index contributed by atoms with van der Waals surface area (Å²) in [6.07, 6.45) is 4.28. The van der Waals surface area contributed by atoms with Gasteiger partial charge in [-0.25, -0.2) is 0 Å². The molecule has 2 aliphatic rings. The van der Waals surface area contributed by atoms with Crippen LogP contribution in [0.1, 0.15) is 19.3 Å². The van der Waals surface area contributed by atoms with Crippen molar-refractivity contribution >= 4 is 0 Å². The third kappa shape index (κ3) is 0.995. The average molecular weight is 208 g/mol. The second-order valence-corrected chi connectivity index (χ2v) is 4.31. The van der Waals surface area contributed by atoms with Crippen LogP contribution in [0.25, 0.3) is 0 Å². The van der Waals surface area contributed by atoms with Crippen molar-refractivity contribution in [3.63, 3.8) is 0 Å². The molecule has 0 aromatic carbocycles. The van der Waals surface area contributed by atoms with E-state index in [-0.39, 0.29) is 6.42 Å². The smallest absolute Gasteiger partial charge is 0.196 e. The van der Waals surface area contributed by atoms with Crippen molar-refractivity contribution in [2.24, 2.45) is 16.7 Å². The van der Waals surface area contributed by atoms with Crippen molar-refractivity contribution in [2.75, 3.05) is 0 Å². The van der Waals surface area contributed by atoms with E-state index < -0.39 is 10.8 Å². The number of hydrogen-bond acceptors (Lipinski definition) is 4. The molecule has 0 saturated heterocycles. The fourth-order valence-corrected chi connectivity index (χ4v) is 2.08. The Morgan fingerprint density at radius 3 is 1.94 bits per heavy atom. The van der Waals surface area contributed by atoms with Crippen LogP contribution in [0.4, 0.5) is 0 Å². The minimum Gasteiger partial charge on any atom is -0.196 e. The van der Waals surface area contributed by atoms with Crippen molar-refractivity contribution in [3.05, 3.63) is 11.6 Å². The zero-order chi connectivity index (χ0) is 11.8. The molecule has 2 aliphatic carbocycles. The first-order chi connectivity index (χ1) is 7.68. The minimum absolute atomic E-state index is 0.234. The number of rotatable bonds is 1. The molecule has 0 bridgehead atoms. The van der Waals surface area contributed by atoms with Crippen molar-refractivity contribution < 1.29 is 0 Å². The average Bonchev–Trinajstić information content (AvgIpc) is 3.09. The first-order valence-electron chi connectivity index (χ1n) is 5.04. The molecule has 0 unspecified atom stereocenters. The molecule has 0 aromatic heterocycles. The van der Waals surface area contributed by atoms with Gasteiger partial charge in [0.15, 0.2) is 10.8 Å². The zero-order valence-electron chi connectivity index (χ0n) is 8.56. The van der Waals surface area contributed by atoms with Crippen LogP contribution in [0, 0.1) is 62.1 Å². The van der Waals surface area contributed by atoms with Crippen molar-refractivity contribution in [1.82, 2.24) is 0 Å². The molecule has 0 N–H and O–H groups in total. The fourth-order valence-electron chi connectivity index (χ4n) is 2.08. The summed E-state index contributed by atoms with van der Waals surface area (Å²) in [5, 5.41) is 36.2. The zero-order valence-corrected chi connectivity index (χ0v) is 8.56. The molecule has 4 nitrogen and oxygen atoms in total. The summed E-state index contributed by atoms with van der Waals surface area (Å²) >= 11 is 0. The van der Waals surface area contributed by atoms with Crippen LogP contribution in [0.3, 0.4) is 0 Å². The SMILES string of the molecule is N#CC1(C#N)C/C(=C/C2CC2)C1(C#N)C#N. The van der Waals surface area contributed by atoms with Gasteiger partial charge in [0.2, 0.25) is 0 Å². The maximum atomic E-state index is 9.12. The van der Waals surface area contributed by atoms with Crippen LogP contribution in [-0.4, -0.2) is 0 Å². The number of allylic oxidation sites excluding steroid dienone is 2. The van der Waals surface area contributed by atoms with E-state index >= 15 is 0 Å². The first kappa shape index (κ1) is 10.2. The second-order valence-electron chi connectivity index (χ2n) is 4.31. The molecule has 2 fully saturated rings. The molecule has 2 rings (SSSR count). The summed E-state index contributed by atoms with van der Waals surface area (Å²) in [5.41, 5.74) is -2.36. The van der Waals surface area contributed by atoms with Gasteiger partial charge in [0, 0.05) is 6.42 Å². The molecule has 16 heavy (non-hydrogen) atoms. The maximum Gasteiger partial charge on any atom is 0.196 e. The standard InChI is InChI=1S/C12H8N4/c13-5-11(6-14)4-10(3-9-1-2-9)12(11,7-15)8-16/h3,9H,1-2,4H2/b10-3-. The Morgan fingerprint density at radius 1 is 1.00 bits per heavy atom. The third-order valence-corrected chi connectivity index (χ3v) is 3.35. The third-order valence-electron chi connectivity index (χ3n) is 3.35. The van der Waals surface area contributed by atoms with E-state index in [2.05, 4.69) is 0 Å². The molecule has 4 heteroatoms. The predicted molar refractivity (Wildman–Crippen MR) is 52.7 cm³/mol. The Bertz CT molecular complexity index is 497. The topological polar surface area (TPSA) is 95.2 Å². The predicted octanol–water partition coefficient (Wildman–Crippen LogP) is 1.79. The number of nitriles is 4. The molecule has 0 aliphatic heterocycles. The molecular formula is C12H8N4. The van der Waals surface area contributed by atoms with Gasteiger partial charge in [0.25, 0.3) is 0 Å². The highest BCUT2D eigenvalue weighted by Gasteiger charge is 2.66. The van der Waals surface area contributed by atoms with E-state index in [4.69, 9.17) is 21.0 Å². The van der Waals surface area contributed by atoms with E-state index in [0.717, 1.165) is 12.8 Å². The maximum absolute atomic E-state index is 9.12. The summed E-state index contributed by atoms with van der Waals surface area (Å²) < 4.78 is 0. The molecule has 0 radical (unpaired) electrons. The van der Waals surface area contributed by atoms with Crippen molar-refractivity contribution in [2.45, 2.75) is 19.3 Å². The van der Waals surface area contributed by atoms with Gasteiger partial charge in [-0.3, -0.25) is 0 Å². The Labute approximate surface area is 93.6 Å². The number of hydrogen-bond donors (Lipinski definition) is 0. The van der Waals surface area contributed by atoms with E-state index in [9.17, 15) is 0 Å². The highest BCUT2D eigenvalue weighted by Crippen LogP contribution is 2.60. The van der Waals surface area contributed by atoms with Crippen LogP contribution < -0.4 is 0 Å². The molecule has 0 amide bonds. The van der Waals surface area contributed by atoms with E-state index in [1.54, 1.807) is 0 Å². The summed E-state index contributed by atoms with van der Waals surface area (Å²) in [7, 11) is 0. The molecule has 0 atom stereocenters. The van der Waals surface area contributed by atoms with Gasteiger partial charge in [0.1, 0.15) is 0 Å². The number of nitrogens with zero attached hydrogens (tertiary/aromatic N) is 4. The molecule has 0 heterocycles. The lowest BCUT2D eigenvalue weighted by Gasteiger charge is -2.43.